The summed E-state index contributed by atoms with van der Waals surface area (Å²) in [6.07, 6.45) is 1.59. The molecule has 0 unspecified atom stereocenters. The van der Waals surface area contributed by atoms with Crippen LogP contribution in [0.1, 0.15) is 11.1 Å². The maximum Gasteiger partial charge on any atom is 1.00 e. The van der Waals surface area contributed by atoms with Gasteiger partial charge in [-0.25, -0.2) is 0 Å². The Kier molecular flexibility index (Phi) is 5.71. The predicted octanol–water partition coefficient (Wildman–Crippen LogP) is 1.67. The quantitative estimate of drug-likeness (QED) is 0.435. The van der Waals surface area contributed by atoms with Crippen molar-refractivity contribution in [3.63, 3.8) is 0 Å². The molecule has 0 radical (unpaired) electrons. The summed E-state index contributed by atoms with van der Waals surface area (Å²) < 4.78 is 0. The van der Waals surface area contributed by atoms with Crippen LogP contribution in [0.5, 0.6) is 0 Å². The van der Waals surface area contributed by atoms with Crippen LogP contribution in [0.25, 0.3) is 5.32 Å². The molecule has 0 spiro atoms. The summed E-state index contributed by atoms with van der Waals surface area (Å²) >= 11 is 0. The minimum atomic E-state index is 0. The van der Waals surface area contributed by atoms with E-state index in [0.717, 1.165) is 11.4 Å². The van der Waals surface area contributed by atoms with Gasteiger partial charge in [0, 0.05) is 0 Å². The fourth-order valence-electron chi connectivity index (χ4n) is 1.42. The van der Waals surface area contributed by atoms with Gasteiger partial charge in [-0.3, -0.25) is 0 Å². The maximum absolute atomic E-state index is 4.27. The molecule has 18 heavy (non-hydrogen) atoms. The molecule has 3 heteroatoms. The van der Waals surface area contributed by atoms with Gasteiger partial charge in [-0.05, 0) is 25.2 Å². The molecule has 0 fully saturated rings. The molecule has 2 aromatic rings. The van der Waals surface area contributed by atoms with Crippen molar-refractivity contribution in [2.75, 3.05) is 0 Å². The average molecular weight is 230 g/mol. The van der Waals surface area contributed by atoms with Crippen LogP contribution in [0, 0.1) is 13.8 Å². The van der Waals surface area contributed by atoms with E-state index in [1.807, 2.05) is 48.5 Å². The van der Waals surface area contributed by atoms with Gasteiger partial charge in [0.15, 0.2) is 0 Å². The predicted molar refractivity (Wildman–Crippen MR) is 73.5 cm³/mol. The third kappa shape index (κ3) is 4.41. The monoisotopic (exact) mass is 230 g/mol. The Labute approximate surface area is 120 Å². The zero-order chi connectivity index (χ0) is 12.1. The summed E-state index contributed by atoms with van der Waals surface area (Å²) in [6.45, 7) is 4.12. The van der Waals surface area contributed by atoms with E-state index < -0.39 is 0 Å². The second-order valence-electron chi connectivity index (χ2n) is 4.04. The second kappa shape index (κ2) is 7.06. The van der Waals surface area contributed by atoms with Gasteiger partial charge in [0.2, 0.25) is 0 Å². The largest absolute Gasteiger partial charge is 1.00 e. The summed E-state index contributed by atoms with van der Waals surface area (Å²) in [7, 11) is 0. The number of rotatable bonds is 3. The van der Waals surface area contributed by atoms with Crippen LogP contribution >= 0.6 is 0 Å². The van der Waals surface area contributed by atoms with Crippen molar-refractivity contribution in [1.82, 2.24) is 0 Å². The average Bonchev–Trinajstić information content (AvgIpc) is 2.34. The first-order chi connectivity index (χ1) is 8.24. The summed E-state index contributed by atoms with van der Waals surface area (Å²) in [5, 5.41) is 4.27. The Balaban J connectivity index is 0.00000162. The molecule has 0 aliphatic heterocycles. The number of aryl methyl sites for hydroxylation is 2. The van der Waals surface area contributed by atoms with Crippen LogP contribution < -0.4 is 18.9 Å². The number of benzene rings is 2. The topological polar surface area (TPSA) is 26.5 Å². The van der Waals surface area contributed by atoms with Gasteiger partial charge in [-0.2, -0.15) is 0 Å². The van der Waals surface area contributed by atoms with Crippen LogP contribution in [0.2, 0.25) is 0 Å². The molecular weight excluding hydrogens is 215 g/mol. The molecule has 0 aliphatic rings. The molecule has 0 bridgehead atoms. The van der Waals surface area contributed by atoms with E-state index in [1.165, 1.54) is 11.1 Å². The standard InChI is InChI=1S/C15H15N2.Li/c1-12-3-7-14(8-4-12)16-11-17-15-9-5-13(2)6-10-15;/h3-11H,1-2H3;/q-1;+1. The SMILES string of the molecule is Cc1ccc(N=C[N-]c2ccc(C)cc2)cc1.[Li+]. The van der Waals surface area contributed by atoms with Crippen LogP contribution in [-0.2, 0) is 0 Å². The molecule has 0 aliphatic carbocycles. The van der Waals surface area contributed by atoms with Gasteiger partial charge < -0.3 is 10.3 Å². The summed E-state index contributed by atoms with van der Waals surface area (Å²) in [6, 6.07) is 16.1. The molecule has 2 rings (SSSR count). The number of aliphatic imine (C=N–C) groups is 1. The molecule has 2 nitrogen and oxygen atoms in total. The first-order valence-electron chi connectivity index (χ1n) is 5.61. The van der Waals surface area contributed by atoms with Crippen LogP contribution in [-0.4, -0.2) is 6.34 Å². The smallest absolute Gasteiger partial charge is 0.443 e. The molecule has 0 heterocycles. The van der Waals surface area contributed by atoms with Gasteiger partial charge in [0.05, 0.1) is 0 Å². The van der Waals surface area contributed by atoms with Crippen molar-refractivity contribution in [3.05, 3.63) is 65.0 Å². The van der Waals surface area contributed by atoms with Gasteiger partial charge >= 0.3 is 18.9 Å². The zero-order valence-corrected chi connectivity index (χ0v) is 11.1. The fourth-order valence-corrected chi connectivity index (χ4v) is 1.42. The van der Waals surface area contributed by atoms with Crippen molar-refractivity contribution in [1.29, 1.82) is 0 Å². The van der Waals surface area contributed by atoms with E-state index in [1.54, 1.807) is 6.34 Å². The third-order valence-electron chi connectivity index (χ3n) is 2.48. The minimum absolute atomic E-state index is 0. The van der Waals surface area contributed by atoms with Crippen LogP contribution in [0.4, 0.5) is 11.4 Å². The Hall–Kier alpha value is -1.49. The van der Waals surface area contributed by atoms with Crippen LogP contribution in [0.15, 0.2) is 53.5 Å². The molecule has 0 aromatic heterocycles. The number of hydrogen-bond acceptors (Lipinski definition) is 1. The fraction of sp³-hybridized carbons (Fsp3) is 0.133. The van der Waals surface area contributed by atoms with Crippen molar-refractivity contribution >= 4 is 17.7 Å². The first-order valence-corrected chi connectivity index (χ1v) is 5.61. The maximum atomic E-state index is 4.27. The Morgan fingerprint density at radius 1 is 0.833 bits per heavy atom. The normalized spacial score (nSPS) is 10.1. The molecule has 0 N–H and O–H groups in total. The molecule has 0 saturated carbocycles. The van der Waals surface area contributed by atoms with Crippen molar-refractivity contribution < 1.29 is 18.9 Å². The molecule has 0 atom stereocenters. The van der Waals surface area contributed by atoms with E-state index in [9.17, 15) is 0 Å². The van der Waals surface area contributed by atoms with E-state index in [4.69, 9.17) is 0 Å². The number of nitrogens with zero attached hydrogens (tertiary/aromatic N) is 2. The van der Waals surface area contributed by atoms with Gasteiger partial charge in [0.25, 0.3) is 0 Å². The van der Waals surface area contributed by atoms with Crippen molar-refractivity contribution in [2.24, 2.45) is 4.99 Å². The molecule has 86 valence electrons. The molecule has 2 aromatic carbocycles. The zero-order valence-electron chi connectivity index (χ0n) is 11.1. The molecule has 0 saturated heterocycles. The van der Waals surface area contributed by atoms with Gasteiger partial charge in [-0.1, -0.05) is 66.0 Å². The minimum Gasteiger partial charge on any atom is -0.443 e. The summed E-state index contributed by atoms with van der Waals surface area (Å²) in [5.41, 5.74) is 4.32. The second-order valence-corrected chi connectivity index (χ2v) is 4.04. The van der Waals surface area contributed by atoms with E-state index in [-0.39, 0.29) is 18.9 Å². The first kappa shape index (κ1) is 14.6. The third-order valence-corrected chi connectivity index (χ3v) is 2.48. The summed E-state index contributed by atoms with van der Waals surface area (Å²) in [4.78, 5) is 4.27. The molecular formula is C15H15LiN2. The Bertz CT molecular complexity index is 501. The van der Waals surface area contributed by atoms with Crippen molar-refractivity contribution in [2.45, 2.75) is 13.8 Å². The number of hydrogen-bond donors (Lipinski definition) is 0. The van der Waals surface area contributed by atoms with Crippen LogP contribution in [0.3, 0.4) is 0 Å². The van der Waals surface area contributed by atoms with Gasteiger partial charge in [-0.15, -0.1) is 0 Å². The van der Waals surface area contributed by atoms with E-state index in [0.29, 0.717) is 0 Å². The van der Waals surface area contributed by atoms with E-state index >= 15 is 0 Å². The Morgan fingerprint density at radius 3 is 1.89 bits per heavy atom. The molecule has 0 amide bonds. The summed E-state index contributed by atoms with van der Waals surface area (Å²) in [5.74, 6) is 0. The van der Waals surface area contributed by atoms with Gasteiger partial charge in [0.1, 0.15) is 0 Å². The van der Waals surface area contributed by atoms with Crippen molar-refractivity contribution in [3.8, 4) is 0 Å². The Morgan fingerprint density at radius 2 is 1.33 bits per heavy atom. The van der Waals surface area contributed by atoms with E-state index in [2.05, 4.69) is 24.2 Å².